The van der Waals surface area contributed by atoms with Gasteiger partial charge in [-0.15, -0.1) is 0 Å². The lowest BCUT2D eigenvalue weighted by Crippen LogP contribution is -1.97. The fraction of sp³-hybridized carbons (Fsp3) is 0.231. The van der Waals surface area contributed by atoms with E-state index in [1.165, 1.54) is 11.1 Å². The van der Waals surface area contributed by atoms with Crippen LogP contribution in [0.3, 0.4) is 0 Å². The number of H-pyrrole nitrogens is 1. The summed E-state index contributed by atoms with van der Waals surface area (Å²) in [6, 6.07) is 8.29. The van der Waals surface area contributed by atoms with Crippen LogP contribution < -0.4 is 0 Å². The molecule has 16 heavy (non-hydrogen) atoms. The first-order valence-electron chi connectivity index (χ1n) is 5.33. The third-order valence-electron chi connectivity index (χ3n) is 2.78. The highest BCUT2D eigenvalue weighted by Gasteiger charge is 2.04. The predicted octanol–water partition coefficient (Wildman–Crippen LogP) is 2.32. The number of aromatic nitrogens is 2. The van der Waals surface area contributed by atoms with Crippen molar-refractivity contribution in [2.24, 2.45) is 0 Å². The third kappa shape index (κ3) is 2.19. The summed E-state index contributed by atoms with van der Waals surface area (Å²) in [5.74, 6) is 0. The number of aldehydes is 1. The van der Waals surface area contributed by atoms with E-state index in [2.05, 4.69) is 29.3 Å². The molecule has 0 radical (unpaired) electrons. The Hall–Kier alpha value is -1.90. The Morgan fingerprint density at radius 2 is 2.12 bits per heavy atom. The van der Waals surface area contributed by atoms with Gasteiger partial charge in [-0.1, -0.05) is 24.3 Å². The van der Waals surface area contributed by atoms with Crippen molar-refractivity contribution >= 4 is 6.29 Å². The number of carbonyl (C=O) groups is 1. The largest absolute Gasteiger partial charge is 0.298 e. The standard InChI is InChI=1S/C13H14N2O/c1-10-4-2-3-5-11(10)6-7-13-12(9-16)8-14-15-13/h2-5,8-9H,6-7H2,1H3,(H,14,15). The van der Waals surface area contributed by atoms with Gasteiger partial charge >= 0.3 is 0 Å². The highest BCUT2D eigenvalue weighted by Crippen LogP contribution is 2.11. The average Bonchev–Trinajstić information content (AvgIpc) is 2.75. The van der Waals surface area contributed by atoms with Crippen molar-refractivity contribution in [1.82, 2.24) is 10.2 Å². The SMILES string of the molecule is Cc1ccccc1CCc1[nH]ncc1C=O. The summed E-state index contributed by atoms with van der Waals surface area (Å²) in [7, 11) is 0. The van der Waals surface area contributed by atoms with E-state index in [0.29, 0.717) is 5.56 Å². The van der Waals surface area contributed by atoms with E-state index in [1.54, 1.807) is 6.20 Å². The zero-order chi connectivity index (χ0) is 11.4. The van der Waals surface area contributed by atoms with Crippen LogP contribution in [0.15, 0.2) is 30.5 Å². The zero-order valence-corrected chi connectivity index (χ0v) is 9.23. The molecule has 1 aromatic heterocycles. The van der Waals surface area contributed by atoms with E-state index < -0.39 is 0 Å². The Labute approximate surface area is 94.5 Å². The molecular weight excluding hydrogens is 200 g/mol. The molecule has 3 nitrogen and oxygen atoms in total. The van der Waals surface area contributed by atoms with Crippen molar-refractivity contribution in [2.45, 2.75) is 19.8 Å². The number of nitrogens with zero attached hydrogens (tertiary/aromatic N) is 1. The van der Waals surface area contributed by atoms with Crippen LogP contribution >= 0.6 is 0 Å². The second-order valence-electron chi connectivity index (χ2n) is 3.85. The highest BCUT2D eigenvalue weighted by molar-refractivity contribution is 5.75. The second kappa shape index (κ2) is 4.75. The van der Waals surface area contributed by atoms with E-state index >= 15 is 0 Å². The van der Waals surface area contributed by atoms with Gasteiger partial charge in [0.25, 0.3) is 0 Å². The average molecular weight is 214 g/mol. The van der Waals surface area contributed by atoms with Crippen molar-refractivity contribution < 1.29 is 4.79 Å². The van der Waals surface area contributed by atoms with Crippen LogP contribution in [-0.4, -0.2) is 16.5 Å². The van der Waals surface area contributed by atoms with E-state index in [4.69, 9.17) is 0 Å². The molecule has 3 heteroatoms. The molecule has 1 aromatic carbocycles. The molecule has 0 aliphatic rings. The summed E-state index contributed by atoms with van der Waals surface area (Å²) < 4.78 is 0. The highest BCUT2D eigenvalue weighted by atomic mass is 16.1. The number of nitrogens with one attached hydrogen (secondary N) is 1. The molecule has 0 saturated carbocycles. The fourth-order valence-corrected chi connectivity index (χ4v) is 1.77. The number of hydrogen-bond donors (Lipinski definition) is 1. The lowest BCUT2D eigenvalue weighted by atomic mass is 10.0. The first-order chi connectivity index (χ1) is 7.81. The molecule has 0 spiro atoms. The number of benzene rings is 1. The second-order valence-corrected chi connectivity index (χ2v) is 3.85. The van der Waals surface area contributed by atoms with Gasteiger partial charge in [-0.2, -0.15) is 5.10 Å². The Kier molecular flexibility index (Phi) is 3.15. The van der Waals surface area contributed by atoms with Gasteiger partial charge < -0.3 is 0 Å². The maximum atomic E-state index is 10.7. The molecule has 0 atom stereocenters. The number of rotatable bonds is 4. The Bertz CT molecular complexity index is 488. The van der Waals surface area contributed by atoms with Crippen molar-refractivity contribution in [3.05, 3.63) is 52.8 Å². The minimum Gasteiger partial charge on any atom is -0.298 e. The van der Waals surface area contributed by atoms with Gasteiger partial charge in [0.15, 0.2) is 6.29 Å². The molecule has 2 rings (SSSR count). The lowest BCUT2D eigenvalue weighted by molar-refractivity contribution is 0.112. The first-order valence-corrected chi connectivity index (χ1v) is 5.33. The van der Waals surface area contributed by atoms with Gasteiger partial charge in [0.1, 0.15) is 0 Å². The molecule has 82 valence electrons. The van der Waals surface area contributed by atoms with Crippen LogP contribution in [0.2, 0.25) is 0 Å². The molecule has 0 bridgehead atoms. The normalized spacial score (nSPS) is 10.3. The molecular formula is C13H14N2O. The van der Waals surface area contributed by atoms with E-state index in [9.17, 15) is 4.79 Å². The molecule has 2 aromatic rings. The van der Waals surface area contributed by atoms with Gasteiger partial charge in [0.05, 0.1) is 11.8 Å². The van der Waals surface area contributed by atoms with Crippen LogP contribution in [0, 0.1) is 6.92 Å². The summed E-state index contributed by atoms with van der Waals surface area (Å²) in [5.41, 5.74) is 4.18. The molecule has 0 aliphatic carbocycles. The number of aromatic amines is 1. The van der Waals surface area contributed by atoms with Crippen molar-refractivity contribution in [3.8, 4) is 0 Å². The van der Waals surface area contributed by atoms with E-state index in [-0.39, 0.29) is 0 Å². The van der Waals surface area contributed by atoms with Crippen molar-refractivity contribution in [3.63, 3.8) is 0 Å². The molecule has 0 unspecified atom stereocenters. The first kappa shape index (κ1) is 10.6. The van der Waals surface area contributed by atoms with Crippen LogP contribution in [0.5, 0.6) is 0 Å². The zero-order valence-electron chi connectivity index (χ0n) is 9.23. The molecule has 0 amide bonds. The fourth-order valence-electron chi connectivity index (χ4n) is 1.77. The van der Waals surface area contributed by atoms with E-state index in [0.717, 1.165) is 24.8 Å². The topological polar surface area (TPSA) is 45.8 Å². The van der Waals surface area contributed by atoms with Gasteiger partial charge in [0.2, 0.25) is 0 Å². The molecule has 0 fully saturated rings. The van der Waals surface area contributed by atoms with Crippen LogP contribution in [0.4, 0.5) is 0 Å². The summed E-state index contributed by atoms with van der Waals surface area (Å²) in [4.78, 5) is 10.7. The monoisotopic (exact) mass is 214 g/mol. The minimum absolute atomic E-state index is 0.661. The summed E-state index contributed by atoms with van der Waals surface area (Å²) in [6.07, 6.45) is 4.16. The maximum Gasteiger partial charge on any atom is 0.153 e. The lowest BCUT2D eigenvalue weighted by Gasteiger charge is -2.04. The molecule has 1 N–H and O–H groups in total. The molecule has 0 saturated heterocycles. The van der Waals surface area contributed by atoms with Crippen LogP contribution in [0.1, 0.15) is 27.2 Å². The van der Waals surface area contributed by atoms with Crippen molar-refractivity contribution in [1.29, 1.82) is 0 Å². The van der Waals surface area contributed by atoms with Crippen LogP contribution in [0.25, 0.3) is 0 Å². The summed E-state index contributed by atoms with van der Waals surface area (Å²) in [6.45, 7) is 2.10. The number of hydrogen-bond acceptors (Lipinski definition) is 2. The van der Waals surface area contributed by atoms with Crippen molar-refractivity contribution in [2.75, 3.05) is 0 Å². The summed E-state index contributed by atoms with van der Waals surface area (Å²) >= 11 is 0. The maximum absolute atomic E-state index is 10.7. The number of carbonyl (C=O) groups excluding carboxylic acids is 1. The van der Waals surface area contributed by atoms with E-state index in [1.807, 2.05) is 12.1 Å². The summed E-state index contributed by atoms with van der Waals surface area (Å²) in [5, 5.41) is 6.74. The Morgan fingerprint density at radius 1 is 1.31 bits per heavy atom. The van der Waals surface area contributed by atoms with Crippen LogP contribution in [-0.2, 0) is 12.8 Å². The molecule has 1 heterocycles. The van der Waals surface area contributed by atoms with Gasteiger partial charge in [-0.3, -0.25) is 9.89 Å². The smallest absolute Gasteiger partial charge is 0.153 e. The molecule has 0 aliphatic heterocycles. The minimum atomic E-state index is 0.661. The number of aryl methyl sites for hydroxylation is 3. The van der Waals surface area contributed by atoms with Gasteiger partial charge in [-0.05, 0) is 30.9 Å². The predicted molar refractivity (Wildman–Crippen MR) is 62.6 cm³/mol. The Balaban J connectivity index is 2.08. The van der Waals surface area contributed by atoms with Gasteiger partial charge in [-0.25, -0.2) is 0 Å². The quantitative estimate of drug-likeness (QED) is 0.794. The third-order valence-corrected chi connectivity index (χ3v) is 2.78. The Morgan fingerprint density at radius 3 is 2.88 bits per heavy atom. The van der Waals surface area contributed by atoms with Gasteiger partial charge in [0, 0.05) is 5.69 Å².